The van der Waals surface area contributed by atoms with Gasteiger partial charge in [-0.25, -0.2) is 0 Å². The normalized spacial score (nSPS) is 10.6. The van der Waals surface area contributed by atoms with Crippen LogP contribution >= 0.6 is 11.6 Å². The number of hydrogen-bond acceptors (Lipinski definition) is 7. The molecule has 0 radical (unpaired) electrons. The van der Waals surface area contributed by atoms with E-state index >= 15 is 0 Å². The number of rotatable bonds is 7. The van der Waals surface area contributed by atoms with Gasteiger partial charge in [0, 0.05) is 27.5 Å². The van der Waals surface area contributed by atoms with Crippen LogP contribution in [0.4, 0.5) is 23.3 Å². The minimum atomic E-state index is -0.132. The lowest BCUT2D eigenvalue weighted by atomic mass is 10.0. The number of para-hydroxylation sites is 1. The first kappa shape index (κ1) is 21.3. The minimum absolute atomic E-state index is 0.101. The Morgan fingerprint density at radius 2 is 1.69 bits per heavy atom. The molecule has 0 saturated heterocycles. The molecule has 1 aromatic heterocycles. The zero-order valence-electron chi connectivity index (χ0n) is 17.3. The van der Waals surface area contributed by atoms with Crippen LogP contribution in [0.2, 0.25) is 5.02 Å². The Bertz CT molecular complexity index is 1260. The standard InChI is InChI=1S/C24H21ClN6O/c1-15-7-5-6-10-19(15)28-24-30-21(29-23(26)31-24)14-27-20-12-11-17(25)13-18(20)22(32)16-8-3-2-4-9-16/h2-13,27H,14H2,1H3,(H3,26,28,29,30,31). The van der Waals surface area contributed by atoms with Gasteiger partial charge in [-0.05, 0) is 36.8 Å². The number of aryl methyl sites for hydroxylation is 1. The SMILES string of the molecule is Cc1ccccc1Nc1nc(N)nc(CNc2ccc(Cl)cc2C(=O)c2ccccc2)n1. The molecule has 4 aromatic rings. The highest BCUT2D eigenvalue weighted by Crippen LogP contribution is 2.24. The van der Waals surface area contributed by atoms with Crippen LogP contribution in [0.25, 0.3) is 0 Å². The second kappa shape index (κ2) is 9.45. The highest BCUT2D eigenvalue weighted by molar-refractivity contribution is 6.31. The Hall–Kier alpha value is -3.97. The molecule has 0 amide bonds. The van der Waals surface area contributed by atoms with Gasteiger partial charge in [0.2, 0.25) is 11.9 Å². The number of nitrogens with two attached hydrogens (primary N) is 1. The molecule has 0 aliphatic rings. The van der Waals surface area contributed by atoms with Gasteiger partial charge in [0.25, 0.3) is 0 Å². The van der Waals surface area contributed by atoms with E-state index < -0.39 is 0 Å². The zero-order chi connectivity index (χ0) is 22.5. The van der Waals surface area contributed by atoms with E-state index in [1.165, 1.54) is 0 Å². The van der Waals surface area contributed by atoms with E-state index in [1.807, 2.05) is 49.4 Å². The van der Waals surface area contributed by atoms with Crippen LogP contribution in [0, 0.1) is 6.92 Å². The second-order valence-corrected chi connectivity index (χ2v) is 7.55. The monoisotopic (exact) mass is 444 g/mol. The lowest BCUT2D eigenvalue weighted by Gasteiger charge is -2.13. The molecule has 0 spiro atoms. The third-order valence-electron chi connectivity index (χ3n) is 4.79. The molecule has 160 valence electrons. The number of nitrogens with zero attached hydrogens (tertiary/aromatic N) is 3. The van der Waals surface area contributed by atoms with Gasteiger partial charge in [-0.15, -0.1) is 0 Å². The van der Waals surface area contributed by atoms with Crippen molar-refractivity contribution in [2.75, 3.05) is 16.4 Å². The Kier molecular flexibility index (Phi) is 6.28. The van der Waals surface area contributed by atoms with Crippen molar-refractivity contribution in [1.29, 1.82) is 0 Å². The number of ketones is 1. The molecule has 3 aromatic carbocycles. The summed E-state index contributed by atoms with van der Waals surface area (Å²) in [5, 5.41) is 6.87. The van der Waals surface area contributed by atoms with Crippen molar-refractivity contribution in [3.8, 4) is 0 Å². The Morgan fingerprint density at radius 3 is 2.47 bits per heavy atom. The van der Waals surface area contributed by atoms with Crippen molar-refractivity contribution in [1.82, 2.24) is 15.0 Å². The average Bonchev–Trinajstić information content (AvgIpc) is 2.79. The maximum atomic E-state index is 13.0. The first-order chi connectivity index (χ1) is 15.5. The van der Waals surface area contributed by atoms with Gasteiger partial charge >= 0.3 is 0 Å². The molecule has 4 N–H and O–H groups in total. The summed E-state index contributed by atoms with van der Waals surface area (Å²) in [4.78, 5) is 25.8. The van der Waals surface area contributed by atoms with E-state index in [1.54, 1.807) is 30.3 Å². The summed E-state index contributed by atoms with van der Waals surface area (Å²) in [6.07, 6.45) is 0. The fraction of sp³-hybridized carbons (Fsp3) is 0.0833. The van der Waals surface area contributed by atoms with Gasteiger partial charge in [0.1, 0.15) is 0 Å². The number of benzene rings is 3. The van der Waals surface area contributed by atoms with E-state index in [2.05, 4.69) is 25.6 Å². The molecule has 0 aliphatic carbocycles. The lowest BCUT2D eigenvalue weighted by molar-refractivity contribution is 0.103. The Labute approximate surface area is 190 Å². The van der Waals surface area contributed by atoms with E-state index in [4.69, 9.17) is 17.3 Å². The summed E-state index contributed by atoms with van der Waals surface area (Å²) in [5.41, 5.74) is 9.48. The fourth-order valence-corrected chi connectivity index (χ4v) is 3.36. The molecule has 0 bridgehead atoms. The third-order valence-corrected chi connectivity index (χ3v) is 5.02. The van der Waals surface area contributed by atoms with Crippen molar-refractivity contribution in [2.45, 2.75) is 13.5 Å². The summed E-state index contributed by atoms with van der Waals surface area (Å²) in [5.74, 6) is 0.749. The molecule has 4 rings (SSSR count). The zero-order valence-corrected chi connectivity index (χ0v) is 18.1. The summed E-state index contributed by atoms with van der Waals surface area (Å²) >= 11 is 6.16. The third kappa shape index (κ3) is 5.01. The number of nitrogen functional groups attached to an aromatic ring is 1. The van der Waals surface area contributed by atoms with Crippen LogP contribution in [-0.2, 0) is 6.54 Å². The summed E-state index contributed by atoms with van der Waals surface area (Å²) < 4.78 is 0. The molecule has 0 unspecified atom stereocenters. The quantitative estimate of drug-likeness (QED) is 0.344. The largest absolute Gasteiger partial charge is 0.377 e. The average molecular weight is 445 g/mol. The molecule has 0 fully saturated rings. The first-order valence-electron chi connectivity index (χ1n) is 9.96. The lowest BCUT2D eigenvalue weighted by Crippen LogP contribution is -2.12. The summed E-state index contributed by atoms with van der Waals surface area (Å²) in [7, 11) is 0. The van der Waals surface area contributed by atoms with Gasteiger partial charge in [-0.3, -0.25) is 4.79 Å². The maximum Gasteiger partial charge on any atom is 0.232 e. The summed E-state index contributed by atoms with van der Waals surface area (Å²) in [6, 6.07) is 22.0. The number of nitrogens with one attached hydrogen (secondary N) is 2. The number of aromatic nitrogens is 3. The topological polar surface area (TPSA) is 106 Å². The van der Waals surface area contributed by atoms with Gasteiger partial charge < -0.3 is 16.4 Å². The first-order valence-corrected chi connectivity index (χ1v) is 10.3. The van der Waals surface area contributed by atoms with Crippen LogP contribution in [0.5, 0.6) is 0 Å². The molecular weight excluding hydrogens is 424 g/mol. The van der Waals surface area contributed by atoms with Crippen molar-refractivity contribution >= 4 is 40.7 Å². The van der Waals surface area contributed by atoms with Crippen molar-refractivity contribution < 1.29 is 4.79 Å². The van der Waals surface area contributed by atoms with Gasteiger partial charge in [0.15, 0.2) is 11.6 Å². The van der Waals surface area contributed by atoms with E-state index in [-0.39, 0.29) is 18.3 Å². The molecule has 0 aliphatic heterocycles. The number of hydrogen-bond donors (Lipinski definition) is 3. The molecule has 1 heterocycles. The van der Waals surface area contributed by atoms with Crippen LogP contribution < -0.4 is 16.4 Å². The van der Waals surface area contributed by atoms with Crippen molar-refractivity contribution in [2.24, 2.45) is 0 Å². The van der Waals surface area contributed by atoms with E-state index in [9.17, 15) is 4.79 Å². The van der Waals surface area contributed by atoms with Gasteiger partial charge in [-0.2, -0.15) is 15.0 Å². The molecule has 0 saturated carbocycles. The smallest absolute Gasteiger partial charge is 0.232 e. The number of anilines is 4. The van der Waals surface area contributed by atoms with Crippen LogP contribution in [0.1, 0.15) is 27.3 Å². The molecular formula is C24H21ClN6O. The molecule has 0 atom stereocenters. The highest BCUT2D eigenvalue weighted by atomic mass is 35.5. The second-order valence-electron chi connectivity index (χ2n) is 7.11. The number of halogens is 1. The van der Waals surface area contributed by atoms with Gasteiger partial charge in [-0.1, -0.05) is 60.1 Å². The maximum absolute atomic E-state index is 13.0. The summed E-state index contributed by atoms with van der Waals surface area (Å²) in [6.45, 7) is 2.23. The van der Waals surface area contributed by atoms with Crippen molar-refractivity contribution in [3.63, 3.8) is 0 Å². The van der Waals surface area contributed by atoms with Crippen LogP contribution in [-0.4, -0.2) is 20.7 Å². The molecule has 7 nitrogen and oxygen atoms in total. The number of carbonyl (C=O) groups excluding carboxylic acids is 1. The number of carbonyl (C=O) groups is 1. The Balaban J connectivity index is 1.56. The van der Waals surface area contributed by atoms with E-state index in [0.29, 0.717) is 33.6 Å². The predicted molar refractivity (Wildman–Crippen MR) is 127 cm³/mol. The minimum Gasteiger partial charge on any atom is -0.377 e. The Morgan fingerprint density at radius 1 is 0.938 bits per heavy atom. The fourth-order valence-electron chi connectivity index (χ4n) is 3.18. The van der Waals surface area contributed by atoms with E-state index in [0.717, 1.165) is 11.3 Å². The molecule has 32 heavy (non-hydrogen) atoms. The predicted octanol–water partition coefficient (Wildman–Crippen LogP) is 5.00. The van der Waals surface area contributed by atoms with Gasteiger partial charge in [0.05, 0.1) is 6.54 Å². The highest BCUT2D eigenvalue weighted by Gasteiger charge is 2.15. The van der Waals surface area contributed by atoms with Crippen LogP contribution in [0.3, 0.4) is 0 Å². The molecule has 8 heteroatoms. The van der Waals surface area contributed by atoms with Crippen molar-refractivity contribution in [3.05, 3.63) is 100 Å². The van der Waals surface area contributed by atoms with Crippen LogP contribution in [0.15, 0.2) is 72.8 Å².